The molecule has 190 valence electrons. The largest absolute Gasteiger partial charge is 0.474 e. The fraction of sp³-hybridized carbons (Fsp3) is 0.720. The Kier molecular flexibility index (Phi) is 7.82. The molecular weight excluding hydrogens is 462 g/mol. The minimum absolute atomic E-state index is 0.00785. The average molecular weight is 506 g/mol. The fourth-order valence-electron chi connectivity index (χ4n) is 3.00. The molecule has 0 saturated heterocycles. The van der Waals surface area contributed by atoms with Gasteiger partial charge in [-0.25, -0.2) is 15.0 Å². The maximum Gasteiger partial charge on any atom is 0.235 e. The molecule has 0 saturated carbocycles. The zero-order valence-corrected chi connectivity index (χ0v) is 24.7. The van der Waals surface area contributed by atoms with E-state index < -0.39 is 16.6 Å². The maximum atomic E-state index is 6.33. The lowest BCUT2D eigenvalue weighted by atomic mass is 10.2. The number of pyridine rings is 1. The van der Waals surface area contributed by atoms with E-state index in [4.69, 9.17) is 33.3 Å². The highest BCUT2D eigenvalue weighted by Gasteiger charge is 2.39. The first kappa shape index (κ1) is 27.0. The molecule has 2 atom stereocenters. The second-order valence-corrected chi connectivity index (χ2v) is 22.0. The van der Waals surface area contributed by atoms with E-state index in [1.165, 1.54) is 0 Å². The lowest BCUT2D eigenvalue weighted by Crippen LogP contribution is -2.42. The van der Waals surface area contributed by atoms with Crippen LogP contribution >= 0.6 is 0 Å². The van der Waals surface area contributed by atoms with E-state index in [9.17, 15) is 0 Å². The number of hydrogen-bond acceptors (Lipinski definition) is 7. The molecule has 0 aromatic carbocycles. The van der Waals surface area contributed by atoms with Gasteiger partial charge in [-0.05, 0) is 48.4 Å². The van der Waals surface area contributed by atoms with Crippen LogP contribution in [0, 0.1) is 0 Å². The Morgan fingerprint density at radius 2 is 1.15 bits per heavy atom. The van der Waals surface area contributed by atoms with Crippen LogP contribution in [0.5, 0.6) is 0 Å². The summed E-state index contributed by atoms with van der Waals surface area (Å²) in [4.78, 5) is 14.2. The summed E-state index contributed by atoms with van der Waals surface area (Å²) in [6.07, 6.45) is 0. The van der Waals surface area contributed by atoms with Crippen molar-refractivity contribution in [2.75, 3.05) is 26.4 Å². The lowest BCUT2D eigenvalue weighted by molar-refractivity contribution is 0.228. The second kappa shape index (κ2) is 9.83. The van der Waals surface area contributed by atoms with Crippen LogP contribution in [0.15, 0.2) is 28.2 Å². The molecule has 1 aromatic heterocycles. The van der Waals surface area contributed by atoms with Crippen LogP contribution in [-0.4, -0.2) is 71.9 Å². The molecule has 0 fully saturated rings. The summed E-state index contributed by atoms with van der Waals surface area (Å²) in [5, 5.41) is 0.342. The Hall–Kier alpha value is -1.56. The molecule has 3 heterocycles. The molecule has 9 heteroatoms. The van der Waals surface area contributed by atoms with Gasteiger partial charge in [-0.15, -0.1) is 0 Å². The summed E-state index contributed by atoms with van der Waals surface area (Å²) in [5.41, 5.74) is 1.39. The number of aromatic nitrogens is 1. The quantitative estimate of drug-likeness (QED) is 0.441. The van der Waals surface area contributed by atoms with E-state index in [1.807, 2.05) is 18.2 Å². The number of hydrogen-bond donors (Lipinski definition) is 0. The van der Waals surface area contributed by atoms with Gasteiger partial charge in [0.15, 0.2) is 16.6 Å². The van der Waals surface area contributed by atoms with Crippen LogP contribution in [0.2, 0.25) is 36.3 Å². The summed E-state index contributed by atoms with van der Waals surface area (Å²) >= 11 is 0. The third-order valence-electron chi connectivity index (χ3n) is 7.50. The predicted octanol–water partition coefficient (Wildman–Crippen LogP) is 5.42. The molecule has 2 aliphatic rings. The van der Waals surface area contributed by atoms with Crippen molar-refractivity contribution in [3.8, 4) is 0 Å². The number of aliphatic imine (C=N–C) groups is 2. The van der Waals surface area contributed by atoms with Crippen LogP contribution < -0.4 is 0 Å². The van der Waals surface area contributed by atoms with Gasteiger partial charge in [-0.1, -0.05) is 47.6 Å². The molecule has 0 radical (unpaired) electrons. The van der Waals surface area contributed by atoms with Gasteiger partial charge in [-0.2, -0.15) is 0 Å². The summed E-state index contributed by atoms with van der Waals surface area (Å²) < 4.78 is 24.4. The van der Waals surface area contributed by atoms with E-state index in [-0.39, 0.29) is 22.2 Å². The van der Waals surface area contributed by atoms with Gasteiger partial charge in [-0.3, -0.25) is 0 Å². The lowest BCUT2D eigenvalue weighted by Gasteiger charge is -2.36. The molecule has 2 unspecified atom stereocenters. The molecule has 1 aromatic rings. The molecular formula is C25H43N3O4Si2. The van der Waals surface area contributed by atoms with E-state index >= 15 is 0 Å². The van der Waals surface area contributed by atoms with Gasteiger partial charge in [0.05, 0.1) is 13.2 Å². The van der Waals surface area contributed by atoms with Crippen molar-refractivity contribution in [1.29, 1.82) is 0 Å². The standard InChI is InChI=1S/C25H43N3O4Si2/c1-24(2,3)33(7,8)31-16-18-14-29-22(26-18)20-12-11-13-21(28-20)23-27-19(15-30-23)17-32-34(9,10)25(4,5)6/h11-13,18-19H,14-17H2,1-10H3. The highest BCUT2D eigenvalue weighted by molar-refractivity contribution is 6.74. The van der Waals surface area contributed by atoms with Crippen LogP contribution in [0.4, 0.5) is 0 Å². The summed E-state index contributed by atoms with van der Waals surface area (Å²) in [6.45, 7) is 24.7. The number of nitrogens with zero attached hydrogens (tertiary/aromatic N) is 3. The fourth-order valence-corrected chi connectivity index (χ4v) is 5.08. The van der Waals surface area contributed by atoms with Crippen molar-refractivity contribution in [3.05, 3.63) is 29.6 Å². The minimum atomic E-state index is -1.82. The van der Waals surface area contributed by atoms with Crippen molar-refractivity contribution in [3.63, 3.8) is 0 Å². The highest BCUT2D eigenvalue weighted by atomic mass is 28.4. The monoisotopic (exact) mass is 505 g/mol. The van der Waals surface area contributed by atoms with Crippen molar-refractivity contribution in [1.82, 2.24) is 4.98 Å². The molecule has 0 N–H and O–H groups in total. The van der Waals surface area contributed by atoms with Crippen LogP contribution in [0.25, 0.3) is 0 Å². The molecule has 3 rings (SSSR count). The van der Waals surface area contributed by atoms with E-state index in [0.29, 0.717) is 49.6 Å². The Balaban J connectivity index is 1.63. The Morgan fingerprint density at radius 3 is 1.50 bits per heavy atom. The van der Waals surface area contributed by atoms with Gasteiger partial charge >= 0.3 is 0 Å². The van der Waals surface area contributed by atoms with E-state index in [1.54, 1.807) is 0 Å². The first-order chi connectivity index (χ1) is 15.6. The van der Waals surface area contributed by atoms with Crippen LogP contribution in [-0.2, 0) is 18.3 Å². The molecule has 0 aliphatic carbocycles. The predicted molar refractivity (Wildman–Crippen MR) is 143 cm³/mol. The van der Waals surface area contributed by atoms with Crippen molar-refractivity contribution < 1.29 is 18.3 Å². The molecule has 0 spiro atoms. The Labute approximate surface area is 207 Å². The molecule has 2 aliphatic heterocycles. The maximum absolute atomic E-state index is 6.33. The topological polar surface area (TPSA) is 74.5 Å². The first-order valence-corrected chi connectivity index (χ1v) is 18.1. The Morgan fingerprint density at radius 1 is 0.765 bits per heavy atom. The van der Waals surface area contributed by atoms with Gasteiger partial charge in [0, 0.05) is 0 Å². The summed E-state index contributed by atoms with van der Waals surface area (Å²) in [5.74, 6) is 1.11. The highest BCUT2D eigenvalue weighted by Crippen LogP contribution is 2.37. The smallest absolute Gasteiger partial charge is 0.235 e. The zero-order valence-electron chi connectivity index (χ0n) is 22.7. The molecule has 0 amide bonds. The third kappa shape index (κ3) is 6.36. The summed E-state index contributed by atoms with van der Waals surface area (Å²) in [7, 11) is -3.63. The van der Waals surface area contributed by atoms with Crippen molar-refractivity contribution in [2.24, 2.45) is 9.98 Å². The summed E-state index contributed by atoms with van der Waals surface area (Å²) in [6, 6.07) is 5.74. The van der Waals surface area contributed by atoms with Crippen molar-refractivity contribution >= 4 is 28.4 Å². The molecule has 34 heavy (non-hydrogen) atoms. The van der Waals surface area contributed by atoms with Gasteiger partial charge < -0.3 is 18.3 Å². The van der Waals surface area contributed by atoms with Crippen LogP contribution in [0.3, 0.4) is 0 Å². The van der Waals surface area contributed by atoms with Gasteiger partial charge in [0.25, 0.3) is 0 Å². The van der Waals surface area contributed by atoms with Gasteiger partial charge in [0.1, 0.15) is 36.7 Å². The first-order valence-electron chi connectivity index (χ1n) is 12.3. The number of ether oxygens (including phenoxy) is 2. The third-order valence-corrected chi connectivity index (χ3v) is 16.5. The van der Waals surface area contributed by atoms with E-state index in [2.05, 4.69) is 67.7 Å². The second-order valence-electron chi connectivity index (χ2n) is 12.3. The zero-order chi connectivity index (χ0) is 25.4. The Bertz CT molecular complexity index is 862. The normalized spacial score (nSPS) is 21.7. The van der Waals surface area contributed by atoms with Crippen LogP contribution in [0.1, 0.15) is 52.9 Å². The average Bonchev–Trinajstić information content (AvgIpc) is 3.39. The van der Waals surface area contributed by atoms with E-state index in [0.717, 1.165) is 0 Å². The van der Waals surface area contributed by atoms with Gasteiger partial charge in [0.2, 0.25) is 11.8 Å². The SMILES string of the molecule is CC(C)(C)[Si](C)(C)OCC1COC(c2cccc(C3=NC(CO[Si](C)(C)C(C)(C)C)CO3)n2)=N1. The minimum Gasteiger partial charge on any atom is -0.474 e. The molecule has 7 nitrogen and oxygen atoms in total. The van der Waals surface area contributed by atoms with Crippen molar-refractivity contribution in [2.45, 2.75) is 89.9 Å². The molecule has 0 bridgehead atoms. The number of rotatable bonds is 8.